The maximum absolute atomic E-state index is 13.2. The lowest BCUT2D eigenvalue weighted by molar-refractivity contribution is -0.0647. The number of aromatic nitrogens is 8. The molecule has 0 radical (unpaired) electrons. The number of phosphoric ester groups is 1. The van der Waals surface area contributed by atoms with Gasteiger partial charge in [0.1, 0.15) is 54.3 Å². The molecule has 0 spiro atoms. The number of aryl methyl sites for hydroxylation is 1. The number of nitrogens with one attached hydrogen (secondary N) is 1. The topological polar surface area (TPSA) is 287 Å². The Morgan fingerprint density at radius 2 is 1.61 bits per heavy atom. The van der Waals surface area contributed by atoms with E-state index in [0.717, 1.165) is 0 Å². The molecule has 3 fully saturated rings. The zero-order valence-corrected chi connectivity index (χ0v) is 26.9. The van der Waals surface area contributed by atoms with Gasteiger partial charge in [0, 0.05) is 0 Å². The zero-order valence-electron chi connectivity index (χ0n) is 23.3. The molecule has 0 amide bonds. The predicted molar refractivity (Wildman–Crippen MR) is 161 cm³/mol. The van der Waals surface area contributed by atoms with Gasteiger partial charge < -0.3 is 44.7 Å². The van der Waals surface area contributed by atoms with Crippen molar-refractivity contribution in [2.75, 3.05) is 18.9 Å². The molecule has 0 aromatic carbocycles. The van der Waals surface area contributed by atoms with Crippen LogP contribution in [0.4, 0.5) is 5.82 Å². The van der Waals surface area contributed by atoms with Crippen molar-refractivity contribution < 1.29 is 52.1 Å². The largest absolute Gasteiger partial charge is 0.472 e. The number of aliphatic hydroxyl groups excluding tert-OH is 2. The number of hydrogen-bond acceptors (Lipinski definition) is 17. The number of nitrogen functional groups attached to an aromatic ring is 1. The Kier molecular flexibility index (Phi) is 8.87. The van der Waals surface area contributed by atoms with Gasteiger partial charge in [-0.1, -0.05) is 0 Å². The van der Waals surface area contributed by atoms with Crippen LogP contribution in [0.3, 0.4) is 0 Å². The van der Waals surface area contributed by atoms with Crippen molar-refractivity contribution in [3.63, 3.8) is 0 Å². The molecule has 4 aromatic rings. The molecule has 3 saturated heterocycles. The molecule has 2 bridgehead atoms. The summed E-state index contributed by atoms with van der Waals surface area (Å²) in [7, 11) is -5.04. The van der Waals surface area contributed by atoms with Gasteiger partial charge >= 0.3 is 14.5 Å². The first-order valence-electron chi connectivity index (χ1n) is 13.2. The van der Waals surface area contributed by atoms with E-state index in [1.54, 1.807) is 0 Å². The second kappa shape index (κ2) is 12.2. The summed E-state index contributed by atoms with van der Waals surface area (Å²) in [4.78, 5) is 57.0. The van der Waals surface area contributed by atoms with Gasteiger partial charge in [0.25, 0.3) is 5.56 Å². The van der Waals surface area contributed by atoms with Crippen molar-refractivity contribution in [2.45, 2.75) is 56.0 Å². The van der Waals surface area contributed by atoms with Crippen LogP contribution < -0.4 is 11.3 Å². The molecule has 46 heavy (non-hydrogen) atoms. The maximum Gasteiger partial charge on any atom is 0.472 e. The highest BCUT2D eigenvalue weighted by molar-refractivity contribution is 8.07. The minimum atomic E-state index is -5.04. The number of rotatable bonds is 2. The number of fused-ring (bicyclic) bond motifs is 5. The molecule has 7 heterocycles. The number of ether oxygens (including phenoxy) is 2. The monoisotopic (exact) mass is 723 g/mol. The molecule has 250 valence electrons. The summed E-state index contributed by atoms with van der Waals surface area (Å²) in [6.45, 7) is -3.99. The van der Waals surface area contributed by atoms with E-state index in [0.29, 0.717) is 0 Å². The van der Waals surface area contributed by atoms with Gasteiger partial charge in [-0.25, -0.2) is 29.5 Å². The smallest absolute Gasteiger partial charge is 0.387 e. The van der Waals surface area contributed by atoms with E-state index in [2.05, 4.69) is 29.9 Å². The standard InChI is InChI=1S/C21H25N9O12P2S.H2S/c1-7-27-18-11(19(33)28-7)26-6-30(18)21-15-12(31)8(39-21)2-38-44(36,45)42-14-9(3-37-43(34,35)41-15)40-20(13(14)32)29-5-25-10-16(22)23-4-24-17(10)29;/h4-6,8-9,12-15,20-21,31-32H,2-3H2,1H3,(H,34,35)(H,36,45)(H2,22,23,24)(H,27,28,33);1H2/t8-,9-,12?,13?,14+,15+,20-,21-,44?;/m1./s1. The van der Waals surface area contributed by atoms with Crippen molar-refractivity contribution in [3.8, 4) is 0 Å². The number of anilines is 1. The summed E-state index contributed by atoms with van der Waals surface area (Å²) in [6.07, 6.45) is -7.88. The molecule has 3 aliphatic heterocycles. The van der Waals surface area contributed by atoms with Crippen LogP contribution >= 0.6 is 28.0 Å². The Balaban J connectivity index is 0.00000372. The van der Waals surface area contributed by atoms with Crippen molar-refractivity contribution in [2.24, 2.45) is 0 Å². The summed E-state index contributed by atoms with van der Waals surface area (Å²) < 4.78 is 49.4. The highest BCUT2D eigenvalue weighted by Gasteiger charge is 2.53. The molecule has 4 unspecified atom stereocenters. The normalized spacial score (nSPS) is 36.9. The summed E-state index contributed by atoms with van der Waals surface area (Å²) in [5.74, 6) is 0.317. The maximum atomic E-state index is 13.2. The molecule has 4 aromatic heterocycles. The third-order valence-electron chi connectivity index (χ3n) is 7.42. The number of phosphoric acid groups is 1. The van der Waals surface area contributed by atoms with Gasteiger partial charge in [-0.05, 0) is 18.7 Å². The Hall–Kier alpha value is -2.47. The SMILES string of the molecule is Cc1nc2c(ncn2[C@@H]2O[C@@H]3COP(O)(=S)O[C@@H]4C(O)[C@H](n5cnc6c(N)ncnc65)O[C@@H]4COP(=O)(O)O[C@H]2C3O)c(=O)[nH]1.S. The van der Waals surface area contributed by atoms with E-state index in [9.17, 15) is 29.4 Å². The zero-order chi connectivity index (χ0) is 31.8. The van der Waals surface area contributed by atoms with Crippen LogP contribution in [0.25, 0.3) is 22.3 Å². The summed E-state index contributed by atoms with van der Waals surface area (Å²) in [5.41, 5.74) is 5.71. The summed E-state index contributed by atoms with van der Waals surface area (Å²) in [6, 6.07) is 0. The van der Waals surface area contributed by atoms with Crippen LogP contribution in [-0.4, -0.2) is 109 Å². The van der Waals surface area contributed by atoms with E-state index in [4.69, 9.17) is 45.1 Å². The van der Waals surface area contributed by atoms with Crippen LogP contribution in [0.15, 0.2) is 23.8 Å². The molecule has 21 nitrogen and oxygen atoms in total. The Labute approximate surface area is 268 Å². The van der Waals surface area contributed by atoms with Crippen molar-refractivity contribution >= 4 is 68.0 Å². The predicted octanol–water partition coefficient (Wildman–Crippen LogP) is -1.39. The molecule has 10 atom stereocenters. The minimum absolute atomic E-state index is 0. The first-order valence-corrected chi connectivity index (χ1v) is 17.3. The number of H-pyrrole nitrogens is 1. The Morgan fingerprint density at radius 1 is 0.935 bits per heavy atom. The average molecular weight is 724 g/mol. The lowest BCUT2D eigenvalue weighted by Gasteiger charge is -2.27. The number of aliphatic hydroxyl groups is 2. The highest BCUT2D eigenvalue weighted by Crippen LogP contribution is 2.53. The fourth-order valence-electron chi connectivity index (χ4n) is 5.39. The molecule has 7 rings (SSSR count). The van der Waals surface area contributed by atoms with Crippen LogP contribution in [-0.2, 0) is 43.9 Å². The second-order valence-corrected chi connectivity index (χ2v) is 14.5. The van der Waals surface area contributed by atoms with Crippen molar-refractivity contribution in [1.82, 2.24) is 39.0 Å². The number of aromatic amines is 1. The highest BCUT2D eigenvalue weighted by atomic mass is 32.5. The van der Waals surface area contributed by atoms with Crippen molar-refractivity contribution in [3.05, 3.63) is 35.2 Å². The van der Waals surface area contributed by atoms with Gasteiger partial charge in [-0.3, -0.25) is 27.5 Å². The van der Waals surface area contributed by atoms with Gasteiger partial charge in [-0.15, -0.1) is 0 Å². The molecule has 0 saturated carbocycles. The molecular formula is C21H27N9O12P2S2. The number of nitrogens with two attached hydrogens (primary N) is 1. The number of imidazole rings is 2. The molecule has 3 aliphatic rings. The first-order chi connectivity index (χ1) is 21.3. The molecule has 25 heteroatoms. The van der Waals surface area contributed by atoms with Gasteiger partial charge in [-0.2, -0.15) is 13.5 Å². The first kappa shape index (κ1) is 33.4. The van der Waals surface area contributed by atoms with E-state index in [1.165, 1.54) is 35.0 Å². The van der Waals surface area contributed by atoms with E-state index < -0.39 is 82.4 Å². The fraction of sp³-hybridized carbons (Fsp3) is 0.524. The van der Waals surface area contributed by atoms with Crippen LogP contribution in [0.1, 0.15) is 18.3 Å². The van der Waals surface area contributed by atoms with Gasteiger partial charge in [0.05, 0.1) is 25.9 Å². The molecule has 7 N–H and O–H groups in total. The average Bonchev–Trinajstić information content (AvgIpc) is 3.72. The van der Waals surface area contributed by atoms with Crippen molar-refractivity contribution in [1.29, 1.82) is 0 Å². The van der Waals surface area contributed by atoms with E-state index in [1.807, 2.05) is 0 Å². The fourth-order valence-corrected chi connectivity index (χ4v) is 7.77. The summed E-state index contributed by atoms with van der Waals surface area (Å²) in [5, 5.41) is 22.3. The number of nitrogens with zero attached hydrogens (tertiary/aromatic N) is 7. The molecular weight excluding hydrogens is 696 g/mol. The van der Waals surface area contributed by atoms with Crippen LogP contribution in [0, 0.1) is 6.92 Å². The lowest BCUT2D eigenvalue weighted by Crippen LogP contribution is -2.36. The van der Waals surface area contributed by atoms with Crippen LogP contribution in [0.2, 0.25) is 0 Å². The number of hydrogen-bond donors (Lipinski definition) is 6. The quantitative estimate of drug-likeness (QED) is 0.130. The van der Waals surface area contributed by atoms with E-state index >= 15 is 0 Å². The van der Waals surface area contributed by atoms with Gasteiger partial charge in [0.2, 0.25) is 0 Å². The van der Waals surface area contributed by atoms with Crippen LogP contribution in [0.5, 0.6) is 0 Å². The third kappa shape index (κ3) is 5.90. The second-order valence-electron chi connectivity index (χ2n) is 10.3. The third-order valence-corrected chi connectivity index (χ3v) is 9.97. The minimum Gasteiger partial charge on any atom is -0.387 e. The Morgan fingerprint density at radius 3 is 2.37 bits per heavy atom. The molecule has 0 aliphatic carbocycles. The Bertz CT molecular complexity index is 1940. The van der Waals surface area contributed by atoms with Gasteiger partial charge in [0.15, 0.2) is 35.1 Å². The van der Waals surface area contributed by atoms with E-state index in [-0.39, 0.29) is 47.5 Å². The lowest BCUT2D eigenvalue weighted by atomic mass is 10.1. The summed E-state index contributed by atoms with van der Waals surface area (Å²) >= 11 is 5.19.